The van der Waals surface area contributed by atoms with Gasteiger partial charge in [-0.15, -0.1) is 0 Å². The lowest BCUT2D eigenvalue weighted by Gasteiger charge is -2.22. The summed E-state index contributed by atoms with van der Waals surface area (Å²) in [7, 11) is 1.23. The van der Waals surface area contributed by atoms with E-state index in [1.54, 1.807) is 39.0 Å². The molecular formula is C14H20N2O4. The Morgan fingerprint density at radius 3 is 2.45 bits per heavy atom. The molecule has 0 bridgehead atoms. The van der Waals surface area contributed by atoms with Crippen LogP contribution in [0.4, 0.5) is 5.82 Å². The largest absolute Gasteiger partial charge is 0.468 e. The van der Waals surface area contributed by atoms with Crippen LogP contribution in [0.15, 0.2) is 18.2 Å². The number of hydrogen-bond donors (Lipinski definition) is 1. The van der Waals surface area contributed by atoms with Crippen LogP contribution >= 0.6 is 0 Å². The van der Waals surface area contributed by atoms with Crippen LogP contribution in [-0.4, -0.2) is 29.6 Å². The van der Waals surface area contributed by atoms with Gasteiger partial charge in [0.2, 0.25) is 0 Å². The van der Waals surface area contributed by atoms with E-state index in [0.29, 0.717) is 11.5 Å². The number of nitrogens with two attached hydrogens (primary N) is 1. The summed E-state index contributed by atoms with van der Waals surface area (Å²) < 4.78 is 9.88. The molecule has 1 aromatic heterocycles. The Morgan fingerprint density at radius 2 is 1.95 bits per heavy atom. The summed E-state index contributed by atoms with van der Waals surface area (Å²) in [5.74, 6) is -2.00. The number of esters is 2. The molecule has 2 N–H and O–H groups in total. The van der Waals surface area contributed by atoms with E-state index >= 15 is 0 Å². The van der Waals surface area contributed by atoms with Crippen molar-refractivity contribution >= 4 is 17.8 Å². The van der Waals surface area contributed by atoms with E-state index in [2.05, 4.69) is 9.72 Å². The van der Waals surface area contributed by atoms with Gasteiger partial charge < -0.3 is 15.2 Å². The molecule has 0 radical (unpaired) electrons. The molecule has 1 heterocycles. The van der Waals surface area contributed by atoms with Crippen molar-refractivity contribution in [2.75, 3.05) is 12.8 Å². The van der Waals surface area contributed by atoms with Crippen molar-refractivity contribution in [2.24, 2.45) is 5.92 Å². The topological polar surface area (TPSA) is 91.5 Å². The molecule has 0 amide bonds. The van der Waals surface area contributed by atoms with Gasteiger partial charge in [-0.05, 0) is 32.9 Å². The second-order valence-corrected chi connectivity index (χ2v) is 5.37. The maximum Gasteiger partial charge on any atom is 0.321 e. The van der Waals surface area contributed by atoms with Crippen molar-refractivity contribution < 1.29 is 19.1 Å². The normalized spacial score (nSPS) is 12.6. The van der Waals surface area contributed by atoms with Gasteiger partial charge in [-0.25, -0.2) is 4.98 Å². The van der Waals surface area contributed by atoms with Gasteiger partial charge in [0.1, 0.15) is 11.4 Å². The first-order valence-electron chi connectivity index (χ1n) is 6.25. The molecule has 0 fully saturated rings. The van der Waals surface area contributed by atoms with E-state index in [9.17, 15) is 9.59 Å². The summed E-state index contributed by atoms with van der Waals surface area (Å²) in [4.78, 5) is 27.9. The molecule has 0 spiro atoms. The van der Waals surface area contributed by atoms with Crippen molar-refractivity contribution in [2.45, 2.75) is 32.8 Å². The molecule has 20 heavy (non-hydrogen) atoms. The van der Waals surface area contributed by atoms with Crippen LogP contribution in [0.5, 0.6) is 0 Å². The van der Waals surface area contributed by atoms with Gasteiger partial charge in [-0.2, -0.15) is 0 Å². The SMILES string of the molecule is COC(=O)C(Cc1cccc(N)n1)C(=O)OC(C)(C)C. The second kappa shape index (κ2) is 6.36. The number of methoxy groups -OCH3 is 1. The van der Waals surface area contributed by atoms with E-state index in [1.807, 2.05) is 0 Å². The molecule has 1 atom stereocenters. The first-order valence-corrected chi connectivity index (χ1v) is 6.25. The highest BCUT2D eigenvalue weighted by Crippen LogP contribution is 2.16. The Labute approximate surface area is 118 Å². The highest BCUT2D eigenvalue weighted by atomic mass is 16.6. The summed E-state index contributed by atoms with van der Waals surface area (Å²) in [5.41, 5.74) is 5.44. The Kier molecular flexibility index (Phi) is 5.07. The van der Waals surface area contributed by atoms with Gasteiger partial charge in [0.15, 0.2) is 5.92 Å². The highest BCUT2D eigenvalue weighted by molar-refractivity contribution is 5.95. The number of nitrogen functional groups attached to an aromatic ring is 1. The number of ether oxygens (including phenoxy) is 2. The Bertz CT molecular complexity index is 494. The highest BCUT2D eigenvalue weighted by Gasteiger charge is 2.32. The van der Waals surface area contributed by atoms with Crippen LogP contribution < -0.4 is 5.73 Å². The summed E-state index contributed by atoms with van der Waals surface area (Å²) >= 11 is 0. The Morgan fingerprint density at radius 1 is 1.30 bits per heavy atom. The van der Waals surface area contributed by atoms with Crippen molar-refractivity contribution in [3.05, 3.63) is 23.9 Å². The molecule has 1 rings (SSSR count). The maximum atomic E-state index is 12.1. The van der Waals surface area contributed by atoms with E-state index in [1.165, 1.54) is 7.11 Å². The zero-order valence-corrected chi connectivity index (χ0v) is 12.2. The third-order valence-electron chi connectivity index (χ3n) is 2.42. The zero-order valence-electron chi connectivity index (χ0n) is 12.2. The lowest BCUT2D eigenvalue weighted by atomic mass is 10.0. The molecule has 6 nitrogen and oxygen atoms in total. The summed E-state index contributed by atoms with van der Waals surface area (Å²) in [6.45, 7) is 5.20. The number of anilines is 1. The van der Waals surface area contributed by atoms with Gasteiger partial charge in [-0.1, -0.05) is 6.07 Å². The van der Waals surface area contributed by atoms with Gasteiger partial charge in [0, 0.05) is 12.1 Å². The Balaban J connectivity index is 2.90. The van der Waals surface area contributed by atoms with Crippen molar-refractivity contribution in [1.82, 2.24) is 4.98 Å². The van der Waals surface area contributed by atoms with Crippen molar-refractivity contribution in [1.29, 1.82) is 0 Å². The number of pyridine rings is 1. The van der Waals surface area contributed by atoms with Crippen LogP contribution in [0, 0.1) is 5.92 Å². The minimum atomic E-state index is -1.05. The van der Waals surface area contributed by atoms with Gasteiger partial charge >= 0.3 is 11.9 Å². The lowest BCUT2D eigenvalue weighted by Crippen LogP contribution is -2.34. The fraction of sp³-hybridized carbons (Fsp3) is 0.500. The third kappa shape index (κ3) is 4.87. The smallest absolute Gasteiger partial charge is 0.321 e. The van der Waals surface area contributed by atoms with Gasteiger partial charge in [0.25, 0.3) is 0 Å². The zero-order chi connectivity index (χ0) is 15.3. The van der Waals surface area contributed by atoms with E-state index < -0.39 is 23.5 Å². The number of nitrogens with zero attached hydrogens (tertiary/aromatic N) is 1. The van der Waals surface area contributed by atoms with Crippen LogP contribution in [0.25, 0.3) is 0 Å². The molecule has 1 unspecified atom stereocenters. The van der Waals surface area contributed by atoms with E-state index in [-0.39, 0.29) is 6.42 Å². The minimum absolute atomic E-state index is 0.0899. The van der Waals surface area contributed by atoms with Crippen LogP contribution in [0.1, 0.15) is 26.5 Å². The summed E-state index contributed by atoms with van der Waals surface area (Å²) in [5, 5.41) is 0. The molecule has 0 saturated carbocycles. The first-order chi connectivity index (χ1) is 9.23. The predicted molar refractivity (Wildman–Crippen MR) is 73.7 cm³/mol. The second-order valence-electron chi connectivity index (χ2n) is 5.37. The van der Waals surface area contributed by atoms with Crippen LogP contribution in [0.2, 0.25) is 0 Å². The number of hydrogen-bond acceptors (Lipinski definition) is 6. The lowest BCUT2D eigenvalue weighted by molar-refractivity contribution is -0.168. The van der Waals surface area contributed by atoms with E-state index in [0.717, 1.165) is 0 Å². The summed E-state index contributed by atoms with van der Waals surface area (Å²) in [6, 6.07) is 5.03. The molecule has 0 aliphatic heterocycles. The molecule has 0 saturated heterocycles. The van der Waals surface area contributed by atoms with Crippen molar-refractivity contribution in [3.8, 4) is 0 Å². The number of rotatable bonds is 4. The molecule has 1 aromatic rings. The van der Waals surface area contributed by atoms with E-state index in [4.69, 9.17) is 10.5 Å². The monoisotopic (exact) mass is 280 g/mol. The average Bonchev–Trinajstić information content (AvgIpc) is 2.33. The van der Waals surface area contributed by atoms with Gasteiger partial charge in [0.05, 0.1) is 7.11 Å². The van der Waals surface area contributed by atoms with Crippen LogP contribution in [-0.2, 0) is 25.5 Å². The van der Waals surface area contributed by atoms with Gasteiger partial charge in [-0.3, -0.25) is 9.59 Å². The fourth-order valence-corrected chi connectivity index (χ4v) is 1.60. The fourth-order valence-electron chi connectivity index (χ4n) is 1.60. The molecule has 6 heteroatoms. The molecular weight excluding hydrogens is 260 g/mol. The first kappa shape index (κ1) is 15.9. The number of carbonyl (C=O) groups excluding carboxylic acids is 2. The molecule has 0 aliphatic carbocycles. The number of carbonyl (C=O) groups is 2. The predicted octanol–water partition coefficient (Wildman–Crippen LogP) is 1.34. The quantitative estimate of drug-likeness (QED) is 0.661. The standard InChI is InChI=1S/C14H20N2O4/c1-14(2,3)20-13(18)10(12(17)19-4)8-9-6-5-7-11(15)16-9/h5-7,10H,8H2,1-4H3,(H2,15,16). The van der Waals surface area contributed by atoms with Crippen molar-refractivity contribution in [3.63, 3.8) is 0 Å². The number of aromatic nitrogens is 1. The van der Waals surface area contributed by atoms with Crippen LogP contribution in [0.3, 0.4) is 0 Å². The molecule has 110 valence electrons. The molecule has 0 aliphatic rings. The summed E-state index contributed by atoms with van der Waals surface area (Å²) in [6.07, 6.45) is 0.0899. The maximum absolute atomic E-state index is 12.1. The minimum Gasteiger partial charge on any atom is -0.468 e. The third-order valence-corrected chi connectivity index (χ3v) is 2.42. The Hall–Kier alpha value is -2.11. The average molecular weight is 280 g/mol. The molecule has 0 aromatic carbocycles.